The van der Waals surface area contributed by atoms with Gasteiger partial charge in [0.15, 0.2) is 17.0 Å². The fourth-order valence-electron chi connectivity index (χ4n) is 4.91. The van der Waals surface area contributed by atoms with Gasteiger partial charge in [-0.3, -0.25) is 13.9 Å². The second-order valence-corrected chi connectivity index (χ2v) is 9.73. The molecule has 0 radical (unpaired) electrons. The Morgan fingerprint density at radius 2 is 1.76 bits per heavy atom. The number of nitrogens with one attached hydrogen (secondary N) is 1. The fourth-order valence-corrected chi connectivity index (χ4v) is 4.91. The molecule has 0 spiro atoms. The molecule has 0 aliphatic heterocycles. The van der Waals surface area contributed by atoms with Crippen LogP contribution in [0.25, 0.3) is 33.7 Å². The lowest BCUT2D eigenvalue weighted by Gasteiger charge is -2.12. The van der Waals surface area contributed by atoms with Crippen molar-refractivity contribution in [2.45, 2.75) is 45.7 Å². The third kappa shape index (κ3) is 4.18. The van der Waals surface area contributed by atoms with Crippen molar-refractivity contribution in [2.75, 3.05) is 0 Å². The van der Waals surface area contributed by atoms with E-state index in [1.54, 1.807) is 7.05 Å². The van der Waals surface area contributed by atoms with Crippen molar-refractivity contribution in [1.29, 1.82) is 0 Å². The highest BCUT2D eigenvalue weighted by Crippen LogP contribution is 2.31. The Balaban J connectivity index is 1.40. The number of imidazole rings is 1. The molecule has 0 saturated heterocycles. The summed E-state index contributed by atoms with van der Waals surface area (Å²) in [5.41, 5.74) is 4.44. The molecule has 0 unspecified atom stereocenters. The van der Waals surface area contributed by atoms with Crippen LogP contribution in [0.1, 0.15) is 37.6 Å². The maximum atomic E-state index is 13.6. The number of aromatic amines is 1. The number of fused-ring (bicyclic) bond motifs is 1. The van der Waals surface area contributed by atoms with Gasteiger partial charge in [0.2, 0.25) is 0 Å². The van der Waals surface area contributed by atoms with Gasteiger partial charge in [0.05, 0.1) is 0 Å². The first-order chi connectivity index (χ1) is 18.0. The first-order valence-corrected chi connectivity index (χ1v) is 12.7. The van der Waals surface area contributed by atoms with E-state index in [0.29, 0.717) is 36.0 Å². The summed E-state index contributed by atoms with van der Waals surface area (Å²) in [5.74, 6) is 1.85. The van der Waals surface area contributed by atoms with Crippen LogP contribution in [0.3, 0.4) is 0 Å². The van der Waals surface area contributed by atoms with Gasteiger partial charge in [-0.2, -0.15) is 0 Å². The number of tetrazole rings is 1. The van der Waals surface area contributed by atoms with Crippen LogP contribution in [0.5, 0.6) is 0 Å². The number of hydrogen-bond acceptors (Lipinski definition) is 6. The number of nitrogens with zero attached hydrogens (tertiary/aromatic N) is 7. The minimum absolute atomic E-state index is 0.244. The molecule has 2 aromatic carbocycles. The topological polar surface area (TPSA) is 116 Å². The Hall–Kier alpha value is -4.34. The van der Waals surface area contributed by atoms with Crippen LogP contribution in [0.4, 0.5) is 0 Å². The zero-order valence-corrected chi connectivity index (χ0v) is 20.9. The second kappa shape index (κ2) is 9.27. The smallest absolute Gasteiger partial charge is 0.318 e. The minimum Gasteiger partial charge on any atom is -0.318 e. The van der Waals surface area contributed by atoms with Crippen molar-refractivity contribution in [1.82, 2.24) is 39.3 Å². The minimum atomic E-state index is -0.290. The maximum absolute atomic E-state index is 13.6. The molecule has 3 heterocycles. The molecule has 3 aromatic heterocycles. The van der Waals surface area contributed by atoms with Crippen LogP contribution in [0.2, 0.25) is 0 Å². The Bertz CT molecular complexity index is 1690. The Morgan fingerprint density at radius 1 is 1.00 bits per heavy atom. The quantitative estimate of drug-likeness (QED) is 0.353. The average Bonchev–Trinajstić information content (AvgIpc) is 3.43. The lowest BCUT2D eigenvalue weighted by Crippen LogP contribution is -2.40. The molecule has 1 saturated carbocycles. The summed E-state index contributed by atoms with van der Waals surface area (Å²) in [7, 11) is 1.71. The van der Waals surface area contributed by atoms with Gasteiger partial charge in [0.25, 0.3) is 5.56 Å². The SMILES string of the molecule is CCCc1nc2c(c(=O)n(CC3CC3)c(=O)n2C)n1Cc1ccc(-c2ccccc2-c2nnn[nH]2)cc1. The van der Waals surface area contributed by atoms with Gasteiger partial charge in [0, 0.05) is 32.1 Å². The lowest BCUT2D eigenvalue weighted by molar-refractivity contribution is 0.557. The van der Waals surface area contributed by atoms with Gasteiger partial charge >= 0.3 is 5.69 Å². The van der Waals surface area contributed by atoms with Crippen LogP contribution in [-0.4, -0.2) is 39.3 Å². The van der Waals surface area contributed by atoms with Gasteiger partial charge in [-0.15, -0.1) is 5.10 Å². The van der Waals surface area contributed by atoms with E-state index in [1.165, 1.54) is 9.13 Å². The van der Waals surface area contributed by atoms with E-state index in [2.05, 4.69) is 51.8 Å². The third-order valence-corrected chi connectivity index (χ3v) is 7.06. The Kier molecular flexibility index (Phi) is 5.78. The van der Waals surface area contributed by atoms with Crippen LogP contribution in [0.15, 0.2) is 58.1 Å². The number of aryl methyl sites for hydroxylation is 2. The molecule has 5 aromatic rings. The van der Waals surface area contributed by atoms with E-state index in [4.69, 9.17) is 4.98 Å². The van der Waals surface area contributed by atoms with Crippen molar-refractivity contribution >= 4 is 11.2 Å². The van der Waals surface area contributed by atoms with Gasteiger partial charge in [-0.25, -0.2) is 14.9 Å². The fraction of sp³-hybridized carbons (Fsp3) is 0.333. The van der Waals surface area contributed by atoms with E-state index >= 15 is 0 Å². The third-order valence-electron chi connectivity index (χ3n) is 7.06. The zero-order valence-electron chi connectivity index (χ0n) is 20.9. The van der Waals surface area contributed by atoms with Crippen molar-refractivity contribution in [3.05, 3.63) is 80.8 Å². The monoisotopic (exact) mass is 496 g/mol. The van der Waals surface area contributed by atoms with E-state index < -0.39 is 0 Å². The lowest BCUT2D eigenvalue weighted by atomic mass is 9.98. The molecule has 1 fully saturated rings. The van der Waals surface area contributed by atoms with E-state index in [9.17, 15) is 9.59 Å². The molecule has 0 bridgehead atoms. The predicted molar refractivity (Wildman–Crippen MR) is 140 cm³/mol. The van der Waals surface area contributed by atoms with E-state index in [-0.39, 0.29) is 11.2 Å². The second-order valence-electron chi connectivity index (χ2n) is 9.73. The van der Waals surface area contributed by atoms with Crippen molar-refractivity contribution in [3.63, 3.8) is 0 Å². The Morgan fingerprint density at radius 3 is 2.43 bits per heavy atom. The number of rotatable bonds is 8. The van der Waals surface area contributed by atoms with Crippen LogP contribution in [-0.2, 0) is 26.6 Å². The number of benzene rings is 2. The van der Waals surface area contributed by atoms with Crippen LogP contribution >= 0.6 is 0 Å². The summed E-state index contributed by atoms with van der Waals surface area (Å²) in [6.07, 6.45) is 3.74. The molecule has 0 atom stereocenters. The summed E-state index contributed by atoms with van der Waals surface area (Å²) in [6, 6.07) is 16.2. The molecule has 10 heteroatoms. The summed E-state index contributed by atoms with van der Waals surface area (Å²) < 4.78 is 4.91. The maximum Gasteiger partial charge on any atom is 0.332 e. The van der Waals surface area contributed by atoms with Gasteiger partial charge in [-0.05, 0) is 52.3 Å². The molecular weight excluding hydrogens is 468 g/mol. The van der Waals surface area contributed by atoms with Crippen LogP contribution < -0.4 is 11.2 Å². The largest absolute Gasteiger partial charge is 0.332 e. The molecule has 6 rings (SSSR count). The summed E-state index contributed by atoms with van der Waals surface area (Å²) in [4.78, 5) is 31.3. The molecule has 1 aliphatic carbocycles. The molecule has 37 heavy (non-hydrogen) atoms. The highest BCUT2D eigenvalue weighted by molar-refractivity contribution is 5.80. The zero-order chi connectivity index (χ0) is 25.5. The Labute approximate surface area is 212 Å². The van der Waals surface area contributed by atoms with Gasteiger partial charge in [0.1, 0.15) is 5.82 Å². The van der Waals surface area contributed by atoms with Crippen molar-refractivity contribution < 1.29 is 0 Å². The van der Waals surface area contributed by atoms with Crippen LogP contribution in [0, 0.1) is 5.92 Å². The highest BCUT2D eigenvalue weighted by atomic mass is 16.2. The number of hydrogen-bond donors (Lipinski definition) is 1. The van der Waals surface area contributed by atoms with E-state index in [1.807, 2.05) is 28.8 Å². The molecule has 1 aliphatic rings. The molecule has 0 amide bonds. The first kappa shape index (κ1) is 23.1. The molecule has 188 valence electrons. The highest BCUT2D eigenvalue weighted by Gasteiger charge is 2.26. The van der Waals surface area contributed by atoms with Crippen molar-refractivity contribution in [3.8, 4) is 22.5 Å². The summed E-state index contributed by atoms with van der Waals surface area (Å²) in [6.45, 7) is 3.06. The predicted octanol–water partition coefficient (Wildman–Crippen LogP) is 3.15. The van der Waals surface area contributed by atoms with Gasteiger partial charge in [-0.1, -0.05) is 55.5 Å². The number of H-pyrrole nitrogens is 1. The molecular formula is C27H28N8O2. The number of aromatic nitrogens is 8. The van der Waals surface area contributed by atoms with E-state index in [0.717, 1.165) is 53.8 Å². The normalized spacial score (nSPS) is 13.5. The van der Waals surface area contributed by atoms with Crippen molar-refractivity contribution in [2.24, 2.45) is 13.0 Å². The first-order valence-electron chi connectivity index (χ1n) is 12.7. The summed E-state index contributed by atoms with van der Waals surface area (Å²) in [5, 5.41) is 14.3. The average molecular weight is 497 g/mol. The summed E-state index contributed by atoms with van der Waals surface area (Å²) >= 11 is 0. The van der Waals surface area contributed by atoms with Gasteiger partial charge < -0.3 is 4.57 Å². The molecule has 1 N–H and O–H groups in total. The molecule has 10 nitrogen and oxygen atoms in total. The standard InChI is InChI=1S/C27H28N8O2/c1-3-6-22-28-25-23(26(36)35(16-17-9-10-17)27(37)33(25)2)34(22)15-18-11-13-19(14-12-18)20-7-4-5-8-21(20)24-29-31-32-30-24/h4-5,7-8,11-14,17H,3,6,9-10,15-16H2,1-2H3,(H,29,30,31,32).